The van der Waals surface area contributed by atoms with Crippen LogP contribution in [0.2, 0.25) is 0 Å². The average molecular weight is 715 g/mol. The lowest BCUT2D eigenvalue weighted by Gasteiger charge is -2.37. The number of hydrogen-bond acceptors (Lipinski definition) is 8. The molecule has 7 atom stereocenters. The van der Waals surface area contributed by atoms with Crippen LogP contribution < -0.4 is 15.1 Å². The number of carbonyl (C=O) groups is 4. The van der Waals surface area contributed by atoms with E-state index in [4.69, 9.17) is 9.47 Å². The van der Waals surface area contributed by atoms with E-state index in [1.54, 1.807) is 28.9 Å². The summed E-state index contributed by atoms with van der Waals surface area (Å²) in [4.78, 5) is 61.9. The van der Waals surface area contributed by atoms with Crippen molar-refractivity contribution in [2.45, 2.75) is 89.2 Å². The van der Waals surface area contributed by atoms with Crippen LogP contribution in [0.4, 0.5) is 11.4 Å². The molecule has 3 saturated heterocycles. The molecule has 3 fully saturated rings. The average Bonchev–Trinajstić information content (AvgIpc) is 3.80. The van der Waals surface area contributed by atoms with E-state index in [-0.39, 0.29) is 43.8 Å². The van der Waals surface area contributed by atoms with E-state index in [2.05, 4.69) is 37.2 Å². The number of likely N-dealkylation sites (tertiary alicyclic amines) is 1. The van der Waals surface area contributed by atoms with E-state index in [9.17, 15) is 24.3 Å². The normalized spacial score (nSPS) is 24.2. The lowest BCUT2D eigenvalue weighted by molar-refractivity contribution is -0.162. The summed E-state index contributed by atoms with van der Waals surface area (Å²) in [5.41, 5.74) is 1.18. The van der Waals surface area contributed by atoms with Crippen LogP contribution in [0.5, 0.6) is 0 Å². The summed E-state index contributed by atoms with van der Waals surface area (Å²) in [7, 11) is 0. The monoisotopic (exact) mass is 714 g/mol. The fraction of sp³-hybridized carbons (Fsp3) is 0.512. The highest BCUT2D eigenvalue weighted by Gasteiger charge is 2.75. The zero-order chi connectivity index (χ0) is 37.4. The Morgan fingerprint density at radius 3 is 2.38 bits per heavy atom. The number of hydrogen-bond donors (Lipinski definition) is 2. The molecule has 1 spiro atoms. The number of nitrogens with zero attached hydrogens (tertiary/aromatic N) is 3. The highest BCUT2D eigenvalue weighted by atomic mass is 16.6. The molecule has 2 N–H and O–H groups in total. The maximum atomic E-state index is 14.9. The van der Waals surface area contributed by atoms with Crippen molar-refractivity contribution in [3.05, 3.63) is 85.5 Å². The summed E-state index contributed by atoms with van der Waals surface area (Å²) >= 11 is 0. The number of aliphatic hydroxyl groups excluding tert-OH is 1. The Morgan fingerprint density at radius 1 is 1.06 bits per heavy atom. The molecule has 2 aromatic rings. The van der Waals surface area contributed by atoms with Crippen molar-refractivity contribution in [2.75, 3.05) is 42.6 Å². The first-order valence-electron chi connectivity index (χ1n) is 18.7. The number of carbonyl (C=O) groups excluding carboxylic acids is 4. The maximum Gasteiger partial charge on any atom is 0.313 e. The third-order valence-electron chi connectivity index (χ3n) is 10.8. The molecule has 11 heteroatoms. The molecule has 3 heterocycles. The molecular weight excluding hydrogens is 660 g/mol. The molecule has 0 radical (unpaired) electrons. The summed E-state index contributed by atoms with van der Waals surface area (Å²) in [5.74, 6) is -3.27. The molecule has 52 heavy (non-hydrogen) atoms. The van der Waals surface area contributed by atoms with Gasteiger partial charge in [-0.15, -0.1) is 13.2 Å². The van der Waals surface area contributed by atoms with Gasteiger partial charge in [0.1, 0.15) is 17.7 Å². The number of fused-ring (bicyclic) bond motifs is 1. The lowest BCUT2D eigenvalue weighted by Crippen LogP contribution is -2.56. The standard InChI is InChI=1S/C41H54N4O7/c1-6-10-18-33(47)42-28(5)36(29-16-12-11-13-17-29)51-40(50)34-32-23-24-41(52-32)35(34)38(48)45(26-14-15-27-46)37(41)39(49)44(25-7-2)31-21-19-30(20-22-31)43(8-3)9-4/h6-7,11-13,16-17,19-22,28,32,34-37,46H,1-2,8-10,14-15,18,23-27H2,3-5H3,(H,42,47)/t28-,32+,34-,35-,36-,37+,41-/m0/s1. The van der Waals surface area contributed by atoms with Crippen LogP contribution in [0.3, 0.4) is 0 Å². The minimum Gasteiger partial charge on any atom is -0.455 e. The molecule has 0 saturated carbocycles. The molecular formula is C41H54N4O7. The summed E-state index contributed by atoms with van der Waals surface area (Å²) in [6, 6.07) is 15.4. The first kappa shape index (κ1) is 38.7. The van der Waals surface area contributed by atoms with Gasteiger partial charge in [0.15, 0.2) is 0 Å². The molecule has 3 aliphatic rings. The molecule has 0 unspecified atom stereocenters. The minimum atomic E-state index is -1.23. The second-order valence-corrected chi connectivity index (χ2v) is 13.9. The number of amides is 3. The van der Waals surface area contributed by atoms with Crippen LogP contribution in [0.1, 0.15) is 71.0 Å². The van der Waals surface area contributed by atoms with Crippen molar-refractivity contribution in [3.63, 3.8) is 0 Å². The summed E-state index contributed by atoms with van der Waals surface area (Å²) < 4.78 is 12.9. The van der Waals surface area contributed by atoms with Crippen molar-refractivity contribution in [3.8, 4) is 0 Å². The number of unbranched alkanes of at least 4 members (excludes halogenated alkanes) is 1. The number of rotatable bonds is 19. The van der Waals surface area contributed by atoms with Crippen LogP contribution >= 0.6 is 0 Å². The van der Waals surface area contributed by atoms with E-state index in [0.29, 0.717) is 43.4 Å². The highest BCUT2D eigenvalue weighted by molar-refractivity contribution is 6.04. The van der Waals surface area contributed by atoms with Gasteiger partial charge in [0.2, 0.25) is 11.8 Å². The largest absolute Gasteiger partial charge is 0.455 e. The van der Waals surface area contributed by atoms with Gasteiger partial charge in [-0.25, -0.2) is 0 Å². The van der Waals surface area contributed by atoms with Gasteiger partial charge in [-0.05, 0) is 82.7 Å². The van der Waals surface area contributed by atoms with Crippen molar-refractivity contribution in [2.24, 2.45) is 11.8 Å². The second-order valence-electron chi connectivity index (χ2n) is 13.9. The fourth-order valence-electron chi connectivity index (χ4n) is 8.31. The molecule has 3 aliphatic heterocycles. The van der Waals surface area contributed by atoms with Crippen LogP contribution in [0.25, 0.3) is 0 Å². The molecule has 280 valence electrons. The summed E-state index contributed by atoms with van der Waals surface area (Å²) in [6.45, 7) is 15.7. The quantitative estimate of drug-likeness (QED) is 0.119. The molecule has 0 aromatic heterocycles. The molecule has 0 aliphatic carbocycles. The van der Waals surface area contributed by atoms with Crippen molar-refractivity contribution >= 4 is 35.1 Å². The van der Waals surface area contributed by atoms with Gasteiger partial charge in [-0.2, -0.15) is 0 Å². The van der Waals surface area contributed by atoms with E-state index in [0.717, 1.165) is 18.8 Å². The molecule has 5 rings (SSSR count). The highest BCUT2D eigenvalue weighted by Crippen LogP contribution is 2.59. The number of aliphatic hydroxyl groups is 1. The first-order valence-corrected chi connectivity index (χ1v) is 18.7. The SMILES string of the molecule is C=CCCC(=O)N[C@@H](C)[C@H](OC(=O)[C@@H]1[C@H]2C(=O)N(CCCCO)[C@H](C(=O)N(CC=C)c3ccc(N(CC)CC)cc3)[C@]23CC[C@H]1O3)c1ccccc1. The smallest absolute Gasteiger partial charge is 0.313 e. The number of esters is 1. The zero-order valence-corrected chi connectivity index (χ0v) is 30.7. The Hall–Kier alpha value is -4.48. The van der Waals surface area contributed by atoms with Gasteiger partial charge in [-0.1, -0.05) is 42.5 Å². The van der Waals surface area contributed by atoms with Gasteiger partial charge in [0.05, 0.1) is 24.0 Å². The van der Waals surface area contributed by atoms with Gasteiger partial charge < -0.3 is 34.6 Å². The number of benzene rings is 2. The second kappa shape index (κ2) is 17.4. The number of allylic oxidation sites excluding steroid dienone is 1. The van der Waals surface area contributed by atoms with E-state index in [1.807, 2.05) is 54.6 Å². The van der Waals surface area contributed by atoms with Crippen molar-refractivity contribution < 1.29 is 33.8 Å². The van der Waals surface area contributed by atoms with Gasteiger partial charge in [0, 0.05) is 50.6 Å². The third-order valence-corrected chi connectivity index (χ3v) is 10.8. The van der Waals surface area contributed by atoms with Gasteiger partial charge >= 0.3 is 5.97 Å². The van der Waals surface area contributed by atoms with E-state index in [1.165, 1.54) is 0 Å². The Labute approximate surface area is 307 Å². The van der Waals surface area contributed by atoms with Gasteiger partial charge in [0.25, 0.3) is 5.91 Å². The van der Waals surface area contributed by atoms with E-state index >= 15 is 0 Å². The zero-order valence-electron chi connectivity index (χ0n) is 30.7. The molecule has 11 nitrogen and oxygen atoms in total. The predicted octanol–water partition coefficient (Wildman–Crippen LogP) is 4.95. The molecule has 2 aromatic carbocycles. The number of ether oxygens (including phenoxy) is 2. The van der Waals surface area contributed by atoms with Crippen molar-refractivity contribution in [1.29, 1.82) is 0 Å². The van der Waals surface area contributed by atoms with Crippen LogP contribution in [0, 0.1) is 11.8 Å². The molecule has 2 bridgehead atoms. The third kappa shape index (κ3) is 7.66. The van der Waals surface area contributed by atoms with Gasteiger partial charge in [-0.3, -0.25) is 19.2 Å². The minimum absolute atomic E-state index is 0.0482. The Morgan fingerprint density at radius 2 is 1.75 bits per heavy atom. The number of nitrogens with one attached hydrogen (secondary N) is 1. The van der Waals surface area contributed by atoms with Crippen LogP contribution in [-0.2, 0) is 28.7 Å². The molecule has 3 amide bonds. The van der Waals surface area contributed by atoms with Crippen LogP contribution in [-0.4, -0.2) is 90.3 Å². The first-order chi connectivity index (χ1) is 25.1. The Kier molecular flexibility index (Phi) is 12.9. The predicted molar refractivity (Wildman–Crippen MR) is 201 cm³/mol. The van der Waals surface area contributed by atoms with Crippen LogP contribution in [0.15, 0.2) is 79.9 Å². The maximum absolute atomic E-state index is 14.9. The lowest BCUT2D eigenvalue weighted by atomic mass is 9.70. The Balaban J connectivity index is 1.46. The number of anilines is 2. The fourth-order valence-corrected chi connectivity index (χ4v) is 8.31. The summed E-state index contributed by atoms with van der Waals surface area (Å²) in [6.07, 6.45) is 4.53. The summed E-state index contributed by atoms with van der Waals surface area (Å²) in [5, 5.41) is 12.5. The van der Waals surface area contributed by atoms with Crippen molar-refractivity contribution in [1.82, 2.24) is 10.2 Å². The van der Waals surface area contributed by atoms with E-state index < -0.39 is 47.7 Å². The topological polar surface area (TPSA) is 129 Å². The Bertz CT molecular complexity index is 1580.